The minimum Gasteiger partial charge on any atom is -0.447 e. The maximum absolute atomic E-state index is 5.42. The third kappa shape index (κ3) is 8.85. The van der Waals surface area contributed by atoms with Crippen LogP contribution in [0.15, 0.2) is 34.0 Å². The highest BCUT2D eigenvalue weighted by Crippen LogP contribution is 2.05. The zero-order valence-electron chi connectivity index (χ0n) is 10.6. The third-order valence-electron chi connectivity index (χ3n) is 1.80. The van der Waals surface area contributed by atoms with Crippen LogP contribution in [0.25, 0.3) is 0 Å². The van der Waals surface area contributed by atoms with E-state index < -0.39 is 0 Å². The summed E-state index contributed by atoms with van der Waals surface area (Å²) in [5, 5.41) is 0. The van der Waals surface area contributed by atoms with Crippen LogP contribution in [0.1, 0.15) is 37.5 Å². The monoisotopic (exact) mass is 332 g/mol. The first-order valence-electron chi connectivity index (χ1n) is 4.89. The van der Waals surface area contributed by atoms with Crippen molar-refractivity contribution in [1.82, 2.24) is 9.97 Å². The predicted octanol–water partition coefficient (Wildman–Crippen LogP) is 2.65. The van der Waals surface area contributed by atoms with Gasteiger partial charge in [-0.2, -0.15) is 0 Å². The number of nitrogens with zero attached hydrogens (tertiary/aromatic N) is 2. The van der Waals surface area contributed by atoms with E-state index in [0.29, 0.717) is 0 Å². The molecule has 0 aliphatic heterocycles. The molecule has 2 heterocycles. The van der Waals surface area contributed by atoms with Crippen molar-refractivity contribution in [3.63, 3.8) is 0 Å². The Kier molecular flexibility index (Phi) is 15.0. The molecule has 0 aliphatic carbocycles. The lowest BCUT2D eigenvalue weighted by atomic mass is 10.3. The van der Waals surface area contributed by atoms with Gasteiger partial charge >= 0.3 is 0 Å². The van der Waals surface area contributed by atoms with Gasteiger partial charge in [-0.1, -0.05) is 0 Å². The molecule has 0 radical (unpaired) electrons. The van der Waals surface area contributed by atoms with E-state index in [1.54, 1.807) is 12.4 Å². The lowest BCUT2D eigenvalue weighted by molar-refractivity contribution is 0.475. The van der Waals surface area contributed by atoms with Gasteiger partial charge in [0.2, 0.25) is 0 Å². The number of nitrogens with two attached hydrogens (primary N) is 2. The highest BCUT2D eigenvalue weighted by molar-refractivity contribution is 5.86. The average molecular weight is 334 g/mol. The second-order valence-corrected chi connectivity index (χ2v) is 3.38. The maximum Gasteiger partial charge on any atom is 0.180 e. The molecule has 6 nitrogen and oxygen atoms in total. The molecule has 0 saturated heterocycles. The number of rotatable bonds is 2. The molecule has 0 aromatic carbocycles. The van der Waals surface area contributed by atoms with Gasteiger partial charge in [0.1, 0.15) is 11.5 Å². The zero-order chi connectivity index (χ0) is 12.0. The largest absolute Gasteiger partial charge is 0.447 e. The Hall–Kier alpha value is -0.790. The molecule has 2 atom stereocenters. The van der Waals surface area contributed by atoms with Crippen LogP contribution in [0.4, 0.5) is 0 Å². The fraction of sp³-hybridized carbons (Fsp3) is 0.400. The van der Waals surface area contributed by atoms with Crippen molar-refractivity contribution in [2.24, 2.45) is 11.5 Å². The molecular formula is C10H19Cl3N4O2. The van der Waals surface area contributed by atoms with E-state index in [4.69, 9.17) is 20.3 Å². The average Bonchev–Trinajstić information content (AvgIpc) is 2.93. The zero-order valence-corrected chi connectivity index (χ0v) is 13.0. The minimum absolute atomic E-state index is 0. The summed E-state index contributed by atoms with van der Waals surface area (Å²) < 4.78 is 9.72. The van der Waals surface area contributed by atoms with Crippen LogP contribution in [0.5, 0.6) is 0 Å². The molecule has 0 amide bonds. The molecule has 0 aliphatic rings. The molecular weight excluding hydrogens is 314 g/mol. The molecule has 2 aromatic heterocycles. The van der Waals surface area contributed by atoms with Crippen LogP contribution in [0, 0.1) is 0 Å². The first kappa shape index (κ1) is 23.3. The molecule has 2 rings (SSSR count). The van der Waals surface area contributed by atoms with Crippen LogP contribution < -0.4 is 11.5 Å². The number of halogens is 3. The molecule has 9 heteroatoms. The summed E-state index contributed by atoms with van der Waals surface area (Å²) in [6, 6.07) is -0.0880. The van der Waals surface area contributed by atoms with Crippen LogP contribution >= 0.6 is 37.2 Å². The fourth-order valence-corrected chi connectivity index (χ4v) is 0.901. The van der Waals surface area contributed by atoms with E-state index in [0.717, 1.165) is 11.5 Å². The van der Waals surface area contributed by atoms with Gasteiger partial charge in [-0.15, -0.1) is 37.2 Å². The maximum atomic E-state index is 5.42. The molecule has 19 heavy (non-hydrogen) atoms. The van der Waals surface area contributed by atoms with E-state index >= 15 is 0 Å². The lowest BCUT2D eigenvalue weighted by Crippen LogP contribution is -2.02. The number of hydrogen-bond donors (Lipinski definition) is 2. The molecule has 0 fully saturated rings. The topological polar surface area (TPSA) is 104 Å². The van der Waals surface area contributed by atoms with E-state index in [1.807, 2.05) is 13.8 Å². The van der Waals surface area contributed by atoms with Gasteiger partial charge < -0.3 is 20.3 Å². The van der Waals surface area contributed by atoms with Crippen LogP contribution in [0.2, 0.25) is 0 Å². The van der Waals surface area contributed by atoms with E-state index in [9.17, 15) is 0 Å². The van der Waals surface area contributed by atoms with Crippen molar-refractivity contribution in [2.45, 2.75) is 25.9 Å². The van der Waals surface area contributed by atoms with Crippen molar-refractivity contribution in [2.75, 3.05) is 0 Å². The van der Waals surface area contributed by atoms with Gasteiger partial charge in [-0.05, 0) is 13.8 Å². The smallest absolute Gasteiger partial charge is 0.180 e. The number of aromatic nitrogens is 2. The Balaban J connectivity index is -0.000000233. The molecule has 0 unspecified atom stereocenters. The fourth-order valence-electron chi connectivity index (χ4n) is 0.901. The van der Waals surface area contributed by atoms with E-state index in [-0.39, 0.29) is 49.3 Å². The molecule has 0 spiro atoms. The van der Waals surface area contributed by atoms with Gasteiger partial charge in [0.25, 0.3) is 0 Å². The molecule has 0 bridgehead atoms. The lowest BCUT2D eigenvalue weighted by Gasteiger charge is -1.94. The first-order chi connectivity index (χ1) is 7.61. The van der Waals surface area contributed by atoms with Gasteiger partial charge in [0.15, 0.2) is 12.8 Å². The van der Waals surface area contributed by atoms with Gasteiger partial charge in [0.05, 0.1) is 24.5 Å². The summed E-state index contributed by atoms with van der Waals surface area (Å²) in [4.78, 5) is 7.39. The summed E-state index contributed by atoms with van der Waals surface area (Å²) in [7, 11) is 0. The summed E-state index contributed by atoms with van der Waals surface area (Å²) in [5.74, 6) is 1.45. The normalized spacial score (nSPS) is 11.6. The highest BCUT2D eigenvalue weighted by atomic mass is 35.5. The predicted molar refractivity (Wildman–Crippen MR) is 80.0 cm³/mol. The van der Waals surface area contributed by atoms with Gasteiger partial charge in [-0.25, -0.2) is 9.97 Å². The highest BCUT2D eigenvalue weighted by Gasteiger charge is 2.00. The molecule has 2 aromatic rings. The van der Waals surface area contributed by atoms with Crippen molar-refractivity contribution in [3.05, 3.63) is 36.7 Å². The molecule has 0 saturated carbocycles. The second-order valence-electron chi connectivity index (χ2n) is 3.38. The Bertz CT molecular complexity index is 341. The second kappa shape index (κ2) is 12.3. The summed E-state index contributed by atoms with van der Waals surface area (Å²) in [5.41, 5.74) is 10.8. The Morgan fingerprint density at radius 3 is 1.26 bits per heavy atom. The van der Waals surface area contributed by atoms with Crippen LogP contribution in [0.3, 0.4) is 0 Å². The standard InChI is InChI=1S/2C5H8N2O.3ClH/c2*1-4(6)5-2-7-3-8-5;;;/h2*2-4H,6H2,1H3;3*1H/t2*4-;;;/m00.../s1. The van der Waals surface area contributed by atoms with Gasteiger partial charge in [0, 0.05) is 0 Å². The quantitative estimate of drug-likeness (QED) is 0.875. The van der Waals surface area contributed by atoms with Crippen molar-refractivity contribution in [3.8, 4) is 0 Å². The summed E-state index contributed by atoms with van der Waals surface area (Å²) in [6.07, 6.45) is 5.98. The van der Waals surface area contributed by atoms with Crippen molar-refractivity contribution < 1.29 is 8.83 Å². The van der Waals surface area contributed by atoms with Crippen LogP contribution in [-0.4, -0.2) is 9.97 Å². The first-order valence-corrected chi connectivity index (χ1v) is 4.89. The van der Waals surface area contributed by atoms with Crippen LogP contribution in [-0.2, 0) is 0 Å². The Morgan fingerprint density at radius 2 is 1.16 bits per heavy atom. The van der Waals surface area contributed by atoms with Gasteiger partial charge in [-0.3, -0.25) is 0 Å². The number of oxazole rings is 2. The van der Waals surface area contributed by atoms with Crippen molar-refractivity contribution in [1.29, 1.82) is 0 Å². The Labute approximate surface area is 130 Å². The van der Waals surface area contributed by atoms with E-state index in [2.05, 4.69) is 9.97 Å². The molecule has 112 valence electrons. The summed E-state index contributed by atoms with van der Waals surface area (Å²) in [6.45, 7) is 3.70. The molecule has 4 N–H and O–H groups in total. The minimum atomic E-state index is -0.0440. The third-order valence-corrected chi connectivity index (χ3v) is 1.80. The SMILES string of the molecule is C[C@H](N)c1cnco1.C[C@H](N)c1cnco1.Cl.Cl.Cl. The number of hydrogen-bond acceptors (Lipinski definition) is 6. The van der Waals surface area contributed by atoms with Crippen molar-refractivity contribution >= 4 is 37.2 Å². The Morgan fingerprint density at radius 1 is 0.842 bits per heavy atom. The summed E-state index contributed by atoms with van der Waals surface area (Å²) >= 11 is 0. The van der Waals surface area contributed by atoms with E-state index in [1.165, 1.54) is 12.8 Å².